The highest BCUT2D eigenvalue weighted by molar-refractivity contribution is 5.79. The molecule has 0 atom stereocenters. The lowest BCUT2D eigenvalue weighted by molar-refractivity contribution is 1.08. The largest absolute Gasteiger partial charge is 0.370 e. The summed E-state index contributed by atoms with van der Waals surface area (Å²) in [6, 6.07) is 11.6. The average Bonchev–Trinajstić information content (AvgIpc) is 2.71. The topological polar surface area (TPSA) is 69.3 Å². The number of nitrogens with zero attached hydrogens (tertiary/aromatic N) is 2. The summed E-state index contributed by atoms with van der Waals surface area (Å²) in [6.45, 7) is 0. The molecular formula is C11H12N4. The van der Waals surface area contributed by atoms with Crippen molar-refractivity contribution in [3.05, 3.63) is 48.8 Å². The smallest absolute Gasteiger partial charge is 0.191 e. The van der Waals surface area contributed by atoms with Crippen LogP contribution in [0.2, 0.25) is 0 Å². The van der Waals surface area contributed by atoms with Crippen molar-refractivity contribution in [1.29, 1.82) is 0 Å². The summed E-state index contributed by atoms with van der Waals surface area (Å²) in [6.07, 6.45) is 3.96. The lowest BCUT2D eigenvalue weighted by Gasteiger charge is -2.02. The van der Waals surface area contributed by atoms with Gasteiger partial charge in [-0.25, -0.2) is 4.99 Å². The van der Waals surface area contributed by atoms with E-state index in [9.17, 15) is 0 Å². The van der Waals surface area contributed by atoms with E-state index in [1.54, 1.807) is 0 Å². The molecule has 0 aliphatic rings. The first-order chi connectivity index (χ1) is 7.25. The third-order valence-corrected chi connectivity index (χ3v) is 2.01. The molecule has 2 rings (SSSR count). The molecule has 4 nitrogen and oxygen atoms in total. The van der Waals surface area contributed by atoms with Gasteiger partial charge in [0.1, 0.15) is 0 Å². The van der Waals surface area contributed by atoms with Crippen molar-refractivity contribution < 1.29 is 0 Å². The van der Waals surface area contributed by atoms with Crippen LogP contribution in [0.4, 0.5) is 5.69 Å². The molecule has 0 amide bonds. The Balaban J connectivity index is 2.29. The number of aliphatic imine (C=N–C) groups is 1. The molecule has 0 spiro atoms. The van der Waals surface area contributed by atoms with Crippen LogP contribution in [0.25, 0.3) is 5.69 Å². The number of hydrogen-bond acceptors (Lipinski definition) is 1. The summed E-state index contributed by atoms with van der Waals surface area (Å²) < 4.78 is 2.01. The van der Waals surface area contributed by atoms with Gasteiger partial charge in [0.05, 0.1) is 5.69 Å². The van der Waals surface area contributed by atoms with Crippen LogP contribution in [0.3, 0.4) is 0 Å². The average molecular weight is 200 g/mol. The van der Waals surface area contributed by atoms with Gasteiger partial charge < -0.3 is 16.0 Å². The van der Waals surface area contributed by atoms with E-state index in [0.29, 0.717) is 0 Å². The van der Waals surface area contributed by atoms with E-state index in [4.69, 9.17) is 11.5 Å². The second-order valence-electron chi connectivity index (χ2n) is 3.14. The van der Waals surface area contributed by atoms with Gasteiger partial charge in [-0.1, -0.05) is 0 Å². The summed E-state index contributed by atoms with van der Waals surface area (Å²) >= 11 is 0. The number of rotatable bonds is 2. The first-order valence-electron chi connectivity index (χ1n) is 4.59. The van der Waals surface area contributed by atoms with Gasteiger partial charge in [-0.3, -0.25) is 0 Å². The quantitative estimate of drug-likeness (QED) is 0.568. The lowest BCUT2D eigenvalue weighted by Crippen LogP contribution is -2.21. The molecule has 1 aromatic heterocycles. The zero-order valence-corrected chi connectivity index (χ0v) is 8.17. The molecule has 1 aromatic carbocycles. The van der Waals surface area contributed by atoms with E-state index in [-0.39, 0.29) is 5.96 Å². The van der Waals surface area contributed by atoms with Crippen molar-refractivity contribution in [2.75, 3.05) is 0 Å². The maximum Gasteiger partial charge on any atom is 0.191 e. The number of aromatic nitrogens is 1. The fourth-order valence-corrected chi connectivity index (χ4v) is 1.36. The van der Waals surface area contributed by atoms with Crippen molar-refractivity contribution in [3.8, 4) is 5.69 Å². The molecule has 4 heteroatoms. The zero-order valence-electron chi connectivity index (χ0n) is 8.17. The SMILES string of the molecule is NC(N)=Nc1ccc(-n2cccc2)cc1. The Bertz CT molecular complexity index is 450. The Hall–Kier alpha value is -2.23. The van der Waals surface area contributed by atoms with Crippen molar-refractivity contribution in [2.24, 2.45) is 16.5 Å². The first-order valence-corrected chi connectivity index (χ1v) is 4.59. The van der Waals surface area contributed by atoms with Crippen LogP contribution in [0.15, 0.2) is 53.8 Å². The lowest BCUT2D eigenvalue weighted by atomic mass is 10.3. The fraction of sp³-hybridized carbons (Fsp3) is 0. The molecule has 0 fully saturated rings. The van der Waals surface area contributed by atoms with E-state index in [0.717, 1.165) is 11.4 Å². The van der Waals surface area contributed by atoms with Crippen molar-refractivity contribution in [2.45, 2.75) is 0 Å². The van der Waals surface area contributed by atoms with Crippen LogP contribution in [-0.2, 0) is 0 Å². The van der Waals surface area contributed by atoms with Crippen molar-refractivity contribution >= 4 is 11.6 Å². The molecule has 15 heavy (non-hydrogen) atoms. The van der Waals surface area contributed by atoms with Crippen LogP contribution in [0.1, 0.15) is 0 Å². The molecule has 0 aliphatic carbocycles. The van der Waals surface area contributed by atoms with Crippen molar-refractivity contribution in [1.82, 2.24) is 4.57 Å². The van der Waals surface area contributed by atoms with Gasteiger partial charge in [0.25, 0.3) is 0 Å². The highest BCUT2D eigenvalue weighted by Gasteiger charge is 1.94. The van der Waals surface area contributed by atoms with Gasteiger partial charge >= 0.3 is 0 Å². The zero-order chi connectivity index (χ0) is 10.7. The number of nitrogens with two attached hydrogens (primary N) is 2. The standard InChI is InChI=1S/C11H12N4/c12-11(13)14-9-3-5-10(6-4-9)15-7-1-2-8-15/h1-8H,(H4,12,13,14). The molecule has 0 saturated carbocycles. The molecule has 0 unspecified atom stereocenters. The number of guanidine groups is 1. The number of hydrogen-bond donors (Lipinski definition) is 2. The van der Waals surface area contributed by atoms with Crippen LogP contribution in [0, 0.1) is 0 Å². The number of benzene rings is 1. The van der Waals surface area contributed by atoms with E-state index < -0.39 is 0 Å². The van der Waals surface area contributed by atoms with Crippen molar-refractivity contribution in [3.63, 3.8) is 0 Å². The van der Waals surface area contributed by atoms with E-state index in [1.165, 1.54) is 0 Å². The Kier molecular flexibility index (Phi) is 2.41. The monoisotopic (exact) mass is 200 g/mol. The second-order valence-corrected chi connectivity index (χ2v) is 3.14. The molecular weight excluding hydrogens is 188 g/mol. The maximum absolute atomic E-state index is 5.28. The summed E-state index contributed by atoms with van der Waals surface area (Å²) in [5, 5.41) is 0. The molecule has 0 bridgehead atoms. The Labute approximate surface area is 87.8 Å². The summed E-state index contributed by atoms with van der Waals surface area (Å²) in [5.74, 6) is 0.0729. The first kappa shape index (κ1) is 9.33. The van der Waals surface area contributed by atoms with E-state index in [2.05, 4.69) is 4.99 Å². The van der Waals surface area contributed by atoms with Crippen LogP contribution in [0.5, 0.6) is 0 Å². The second kappa shape index (κ2) is 3.88. The minimum absolute atomic E-state index is 0.0729. The van der Waals surface area contributed by atoms with Crippen LogP contribution < -0.4 is 11.5 Å². The summed E-state index contributed by atoms with van der Waals surface area (Å²) in [7, 11) is 0. The van der Waals surface area contributed by atoms with Gasteiger partial charge in [-0.15, -0.1) is 0 Å². The summed E-state index contributed by atoms with van der Waals surface area (Å²) in [5.41, 5.74) is 12.4. The van der Waals surface area contributed by atoms with Gasteiger partial charge in [0.2, 0.25) is 0 Å². The van der Waals surface area contributed by atoms with Crippen LogP contribution in [-0.4, -0.2) is 10.5 Å². The maximum atomic E-state index is 5.28. The minimum Gasteiger partial charge on any atom is -0.370 e. The molecule has 76 valence electrons. The van der Waals surface area contributed by atoms with Crippen LogP contribution >= 0.6 is 0 Å². The third kappa shape index (κ3) is 2.17. The third-order valence-electron chi connectivity index (χ3n) is 2.01. The normalized spacial score (nSPS) is 9.87. The molecule has 0 aliphatic heterocycles. The van der Waals surface area contributed by atoms with Gasteiger partial charge in [-0.2, -0.15) is 0 Å². The fourth-order valence-electron chi connectivity index (χ4n) is 1.36. The van der Waals surface area contributed by atoms with Gasteiger partial charge in [0.15, 0.2) is 5.96 Å². The molecule has 2 aromatic rings. The predicted molar refractivity (Wildman–Crippen MR) is 61.2 cm³/mol. The Morgan fingerprint density at radius 2 is 1.60 bits per heavy atom. The molecule has 0 radical (unpaired) electrons. The predicted octanol–water partition coefficient (Wildman–Crippen LogP) is 1.38. The van der Waals surface area contributed by atoms with E-state index >= 15 is 0 Å². The molecule has 0 saturated heterocycles. The summed E-state index contributed by atoms with van der Waals surface area (Å²) in [4.78, 5) is 3.94. The molecule has 1 heterocycles. The molecule has 4 N–H and O–H groups in total. The Morgan fingerprint density at radius 1 is 1.00 bits per heavy atom. The van der Waals surface area contributed by atoms with Gasteiger partial charge in [-0.05, 0) is 36.4 Å². The highest BCUT2D eigenvalue weighted by Crippen LogP contribution is 2.15. The minimum atomic E-state index is 0.0729. The van der Waals surface area contributed by atoms with Gasteiger partial charge in [0, 0.05) is 18.1 Å². The van der Waals surface area contributed by atoms with E-state index in [1.807, 2.05) is 53.4 Å². The Morgan fingerprint density at radius 3 is 2.13 bits per heavy atom. The highest BCUT2D eigenvalue weighted by atomic mass is 15.0.